The van der Waals surface area contributed by atoms with Gasteiger partial charge in [-0.05, 0) is 25.7 Å². The summed E-state index contributed by atoms with van der Waals surface area (Å²) < 4.78 is 84.2. The first kappa shape index (κ1) is 22.3. The summed E-state index contributed by atoms with van der Waals surface area (Å²) in [5.74, 6) is -12.5. The second-order valence-corrected chi connectivity index (χ2v) is 7.36. The third-order valence-corrected chi connectivity index (χ3v) is 5.29. The van der Waals surface area contributed by atoms with E-state index in [1.807, 2.05) is 0 Å². The summed E-state index contributed by atoms with van der Waals surface area (Å²) in [6.45, 7) is 0. The molecule has 4 atom stereocenters. The lowest BCUT2D eigenvalue weighted by Gasteiger charge is -2.33. The lowest BCUT2D eigenvalue weighted by Crippen LogP contribution is -2.46. The highest BCUT2D eigenvalue weighted by Crippen LogP contribution is 2.31. The molecule has 1 aromatic rings. The molecule has 3 rings (SSSR count). The van der Waals surface area contributed by atoms with Gasteiger partial charge in [-0.2, -0.15) is 8.78 Å². The molecule has 11 heteroatoms. The number of halogens is 5. The molecular weight excluding hydrogens is 402 g/mol. The topological polar surface area (TPSA) is 68.2 Å². The minimum atomic E-state index is -2.31. The quantitative estimate of drug-likeness (QED) is 0.317. The molecule has 29 heavy (non-hydrogen) atoms. The van der Waals surface area contributed by atoms with Crippen LogP contribution in [0, 0.1) is 29.1 Å². The predicted molar refractivity (Wildman–Crippen MR) is 91.3 cm³/mol. The molecule has 2 N–H and O–H groups in total. The minimum Gasteiger partial charge on any atom is -0.507 e. The van der Waals surface area contributed by atoms with Gasteiger partial charge in [0.2, 0.25) is 29.1 Å². The van der Waals surface area contributed by atoms with Crippen molar-refractivity contribution in [3.8, 4) is 5.75 Å². The van der Waals surface area contributed by atoms with Gasteiger partial charge in [-0.25, -0.2) is 13.2 Å². The second-order valence-electron chi connectivity index (χ2n) is 7.36. The number of aliphatic hydroxyl groups is 2. The zero-order chi connectivity index (χ0) is 21.1. The van der Waals surface area contributed by atoms with Crippen LogP contribution in [0.1, 0.15) is 51.4 Å². The standard InChI is InChI=1S/C18H22BF5O5/c20-13-14(21)16(23)18(17(24)15(13)22)29-19(27-11-7-3-1-5-9(11)25)28-12-8-4-2-6-10(12)26/h9-12,25-26H,1-8H2. The van der Waals surface area contributed by atoms with Gasteiger partial charge in [0.25, 0.3) is 0 Å². The van der Waals surface area contributed by atoms with Gasteiger partial charge in [0.1, 0.15) is 0 Å². The molecule has 0 aromatic heterocycles. The monoisotopic (exact) mass is 424 g/mol. The molecule has 0 amide bonds. The molecule has 0 heterocycles. The molecule has 0 aliphatic heterocycles. The van der Waals surface area contributed by atoms with E-state index in [1.165, 1.54) is 0 Å². The molecule has 0 bridgehead atoms. The third-order valence-electron chi connectivity index (χ3n) is 5.29. The number of rotatable bonds is 6. The van der Waals surface area contributed by atoms with Crippen LogP contribution in [0.3, 0.4) is 0 Å². The van der Waals surface area contributed by atoms with Crippen LogP contribution in [0.25, 0.3) is 0 Å². The number of aliphatic hydroxyl groups excluding tert-OH is 2. The maximum Gasteiger partial charge on any atom is 0.713 e. The molecule has 2 saturated carbocycles. The van der Waals surface area contributed by atoms with Crippen LogP contribution in [-0.4, -0.2) is 42.0 Å². The summed E-state index contributed by atoms with van der Waals surface area (Å²) in [7, 11) is -1.88. The zero-order valence-electron chi connectivity index (χ0n) is 15.6. The third kappa shape index (κ3) is 5.01. The average molecular weight is 424 g/mol. The Morgan fingerprint density at radius 1 is 0.621 bits per heavy atom. The Labute approximate surface area is 164 Å². The Morgan fingerprint density at radius 3 is 1.41 bits per heavy atom. The fourth-order valence-corrected chi connectivity index (χ4v) is 3.63. The molecule has 0 saturated heterocycles. The highest BCUT2D eigenvalue weighted by molar-refractivity contribution is 6.37. The van der Waals surface area contributed by atoms with Crippen LogP contribution < -0.4 is 4.65 Å². The van der Waals surface area contributed by atoms with Crippen LogP contribution in [0.4, 0.5) is 22.0 Å². The summed E-state index contributed by atoms with van der Waals surface area (Å²) in [5.41, 5.74) is 0. The smallest absolute Gasteiger partial charge is 0.507 e. The van der Waals surface area contributed by atoms with Gasteiger partial charge in [0.05, 0.1) is 24.4 Å². The van der Waals surface area contributed by atoms with E-state index < -0.39 is 66.6 Å². The summed E-state index contributed by atoms with van der Waals surface area (Å²) in [4.78, 5) is 0. The van der Waals surface area contributed by atoms with Crippen LogP contribution in [0.15, 0.2) is 0 Å². The first-order chi connectivity index (χ1) is 13.8. The molecule has 2 fully saturated rings. The van der Waals surface area contributed by atoms with Crippen LogP contribution in [0.5, 0.6) is 5.75 Å². The number of benzene rings is 1. The molecule has 2 aliphatic rings. The maximum atomic E-state index is 14.0. The SMILES string of the molecule is OC1CCCCC1OB(Oc1c(F)c(F)c(F)c(F)c1F)OC1CCCCC1O. The summed E-state index contributed by atoms with van der Waals surface area (Å²) in [6.07, 6.45) is 1.16. The van der Waals surface area contributed by atoms with E-state index in [0.717, 1.165) is 12.8 Å². The maximum absolute atomic E-state index is 14.0. The molecule has 0 radical (unpaired) electrons. The van der Waals surface area contributed by atoms with Crippen molar-refractivity contribution >= 4 is 7.32 Å². The van der Waals surface area contributed by atoms with Crippen LogP contribution in [0.2, 0.25) is 0 Å². The Balaban J connectivity index is 1.84. The van der Waals surface area contributed by atoms with E-state index >= 15 is 0 Å². The normalized spacial score (nSPS) is 27.7. The van der Waals surface area contributed by atoms with E-state index in [4.69, 9.17) is 14.0 Å². The van der Waals surface area contributed by atoms with Crippen molar-refractivity contribution in [3.05, 3.63) is 29.1 Å². The van der Waals surface area contributed by atoms with Crippen molar-refractivity contribution in [2.45, 2.75) is 75.8 Å². The lowest BCUT2D eigenvalue weighted by atomic mass is 9.92. The van der Waals surface area contributed by atoms with Gasteiger partial charge in [0.15, 0.2) is 5.75 Å². The van der Waals surface area contributed by atoms with Gasteiger partial charge in [0, 0.05) is 0 Å². The first-order valence-corrected chi connectivity index (χ1v) is 9.64. The highest BCUT2D eigenvalue weighted by atomic mass is 19.2. The molecule has 0 spiro atoms. The Bertz CT molecular complexity index is 671. The van der Waals surface area contributed by atoms with E-state index in [0.29, 0.717) is 38.5 Å². The van der Waals surface area contributed by atoms with Gasteiger partial charge >= 0.3 is 7.32 Å². The van der Waals surface area contributed by atoms with Crippen LogP contribution >= 0.6 is 0 Å². The van der Waals surface area contributed by atoms with E-state index in [1.54, 1.807) is 0 Å². The summed E-state index contributed by atoms with van der Waals surface area (Å²) >= 11 is 0. The molecule has 162 valence electrons. The van der Waals surface area contributed by atoms with Crippen molar-refractivity contribution in [2.24, 2.45) is 0 Å². The number of hydrogen-bond acceptors (Lipinski definition) is 5. The van der Waals surface area contributed by atoms with Crippen molar-refractivity contribution in [1.29, 1.82) is 0 Å². The summed E-state index contributed by atoms with van der Waals surface area (Å²) in [5, 5.41) is 20.1. The van der Waals surface area contributed by atoms with Crippen LogP contribution in [-0.2, 0) is 9.31 Å². The largest absolute Gasteiger partial charge is 0.713 e. The lowest BCUT2D eigenvalue weighted by molar-refractivity contribution is -0.0569. The molecule has 4 unspecified atom stereocenters. The number of hydrogen-bond donors (Lipinski definition) is 2. The average Bonchev–Trinajstić information content (AvgIpc) is 2.71. The zero-order valence-corrected chi connectivity index (χ0v) is 15.6. The highest BCUT2D eigenvalue weighted by Gasteiger charge is 2.40. The van der Waals surface area contributed by atoms with E-state index in [2.05, 4.69) is 0 Å². The van der Waals surface area contributed by atoms with Gasteiger partial charge < -0.3 is 24.2 Å². The van der Waals surface area contributed by atoms with Crippen molar-refractivity contribution in [2.75, 3.05) is 0 Å². The van der Waals surface area contributed by atoms with E-state index in [9.17, 15) is 32.2 Å². The van der Waals surface area contributed by atoms with Gasteiger partial charge in [-0.3, -0.25) is 0 Å². The molecule has 5 nitrogen and oxygen atoms in total. The van der Waals surface area contributed by atoms with Gasteiger partial charge in [-0.1, -0.05) is 25.7 Å². The molecule has 2 aliphatic carbocycles. The Morgan fingerprint density at radius 2 is 1.00 bits per heavy atom. The fourth-order valence-electron chi connectivity index (χ4n) is 3.63. The van der Waals surface area contributed by atoms with E-state index in [-0.39, 0.29) is 0 Å². The van der Waals surface area contributed by atoms with Gasteiger partial charge in [-0.15, -0.1) is 0 Å². The predicted octanol–water partition coefficient (Wildman–Crippen LogP) is 3.39. The van der Waals surface area contributed by atoms with Crippen molar-refractivity contribution in [1.82, 2.24) is 0 Å². The molecule has 1 aromatic carbocycles. The fraction of sp³-hybridized carbons (Fsp3) is 0.667. The second kappa shape index (κ2) is 9.59. The first-order valence-electron chi connectivity index (χ1n) is 9.64. The Hall–Kier alpha value is -1.43. The molecular formula is C18H22BF5O5. The van der Waals surface area contributed by atoms with Crippen molar-refractivity contribution in [3.63, 3.8) is 0 Å². The minimum absolute atomic E-state index is 0.398. The van der Waals surface area contributed by atoms with Crippen molar-refractivity contribution < 1.29 is 46.1 Å². The Kier molecular flexibility index (Phi) is 7.36. The summed E-state index contributed by atoms with van der Waals surface area (Å²) in [6, 6.07) is 0.